The molecule has 0 aromatic heterocycles. The molecule has 0 fully saturated rings. The number of nitrogens with one attached hydrogen (secondary N) is 3. The largest absolute Gasteiger partial charge is 0.493 e. The lowest BCUT2D eigenvalue weighted by molar-refractivity contribution is -0.116. The van der Waals surface area contributed by atoms with Crippen LogP contribution in [0.2, 0.25) is 0 Å². The molecule has 10 heteroatoms. The van der Waals surface area contributed by atoms with Gasteiger partial charge < -0.3 is 34.9 Å². The van der Waals surface area contributed by atoms with Gasteiger partial charge in [0.2, 0.25) is 11.7 Å². The lowest BCUT2D eigenvalue weighted by Gasteiger charge is -2.19. The Balaban J connectivity index is 1.85. The van der Waals surface area contributed by atoms with Crippen LogP contribution < -0.4 is 30.2 Å². The quantitative estimate of drug-likeness (QED) is 0.469. The Bertz CT molecular complexity index is 1010. The summed E-state index contributed by atoms with van der Waals surface area (Å²) in [5.74, 6) is 0.630. The van der Waals surface area contributed by atoms with E-state index in [-0.39, 0.29) is 31.3 Å². The molecule has 2 aromatic carbocycles. The first-order valence-electron chi connectivity index (χ1n) is 11.0. The minimum absolute atomic E-state index is 0.103. The van der Waals surface area contributed by atoms with Crippen molar-refractivity contribution >= 4 is 23.6 Å². The highest BCUT2D eigenvalue weighted by molar-refractivity contribution is 5.95. The smallest absolute Gasteiger partial charge is 0.407 e. The molecule has 3 amide bonds. The summed E-state index contributed by atoms with van der Waals surface area (Å²) in [5, 5.41) is 8.14. The standard InChI is InChI=1S/C25H33N3O7/c1-25(2,3)35-24(31)26-12-11-21(29)28-18-9-7-16(8-10-18)15-27-23(30)17-13-19(32-4)22(34-6)20(14-17)33-5/h7-10,13-14H,11-12,15H2,1-6H3,(H,26,31)(H,27,30)(H,28,29). The molecule has 0 bridgehead atoms. The van der Waals surface area contributed by atoms with Gasteiger partial charge in [-0.3, -0.25) is 9.59 Å². The second kappa shape index (κ2) is 12.5. The zero-order valence-electron chi connectivity index (χ0n) is 20.9. The van der Waals surface area contributed by atoms with Crippen LogP contribution in [0.3, 0.4) is 0 Å². The van der Waals surface area contributed by atoms with Gasteiger partial charge in [-0.05, 0) is 50.6 Å². The average molecular weight is 488 g/mol. The molecular weight excluding hydrogens is 454 g/mol. The van der Waals surface area contributed by atoms with Crippen molar-refractivity contribution in [3.63, 3.8) is 0 Å². The number of carbonyl (C=O) groups excluding carboxylic acids is 3. The van der Waals surface area contributed by atoms with Gasteiger partial charge in [-0.25, -0.2) is 4.79 Å². The Morgan fingerprint density at radius 3 is 1.97 bits per heavy atom. The number of carbonyl (C=O) groups is 3. The molecule has 0 spiro atoms. The molecule has 0 saturated carbocycles. The van der Waals surface area contributed by atoms with Gasteiger partial charge in [0.15, 0.2) is 11.5 Å². The molecule has 3 N–H and O–H groups in total. The number of anilines is 1. The molecule has 0 unspecified atom stereocenters. The molecule has 0 heterocycles. The summed E-state index contributed by atoms with van der Waals surface area (Å²) in [6.07, 6.45) is -0.463. The summed E-state index contributed by atoms with van der Waals surface area (Å²) < 4.78 is 21.0. The maximum atomic E-state index is 12.6. The number of methoxy groups -OCH3 is 3. The van der Waals surface area contributed by atoms with Crippen molar-refractivity contribution in [2.24, 2.45) is 0 Å². The molecule has 0 radical (unpaired) electrons. The topological polar surface area (TPSA) is 124 Å². The Labute approximate surface area is 205 Å². The number of hydrogen-bond acceptors (Lipinski definition) is 7. The summed E-state index contributed by atoms with van der Waals surface area (Å²) in [5.41, 5.74) is 1.22. The van der Waals surface area contributed by atoms with Crippen LogP contribution in [0.4, 0.5) is 10.5 Å². The lowest BCUT2D eigenvalue weighted by Crippen LogP contribution is -2.34. The van der Waals surface area contributed by atoms with Gasteiger partial charge in [0.25, 0.3) is 5.91 Å². The Morgan fingerprint density at radius 1 is 0.857 bits per heavy atom. The Hall–Kier alpha value is -3.95. The number of amides is 3. The first-order chi connectivity index (χ1) is 16.6. The maximum absolute atomic E-state index is 12.6. The third kappa shape index (κ3) is 8.73. The molecule has 190 valence electrons. The monoisotopic (exact) mass is 487 g/mol. The molecule has 0 atom stereocenters. The van der Waals surface area contributed by atoms with E-state index in [0.717, 1.165) is 5.56 Å². The van der Waals surface area contributed by atoms with Crippen molar-refractivity contribution in [3.05, 3.63) is 47.5 Å². The first kappa shape index (κ1) is 27.3. The fraction of sp³-hybridized carbons (Fsp3) is 0.400. The zero-order chi connectivity index (χ0) is 26.0. The van der Waals surface area contributed by atoms with Crippen LogP contribution in [0, 0.1) is 0 Å². The van der Waals surface area contributed by atoms with E-state index in [1.807, 2.05) is 0 Å². The van der Waals surface area contributed by atoms with E-state index in [2.05, 4.69) is 16.0 Å². The molecule has 0 aliphatic rings. The highest BCUT2D eigenvalue weighted by Crippen LogP contribution is 2.38. The number of hydrogen-bond donors (Lipinski definition) is 3. The molecule has 35 heavy (non-hydrogen) atoms. The van der Waals surface area contributed by atoms with E-state index in [4.69, 9.17) is 18.9 Å². The fourth-order valence-corrected chi connectivity index (χ4v) is 3.02. The van der Waals surface area contributed by atoms with Crippen molar-refractivity contribution in [3.8, 4) is 17.2 Å². The summed E-state index contributed by atoms with van der Waals surface area (Å²) in [4.78, 5) is 36.3. The summed E-state index contributed by atoms with van der Waals surface area (Å²) >= 11 is 0. The lowest BCUT2D eigenvalue weighted by atomic mass is 10.1. The third-order valence-electron chi connectivity index (χ3n) is 4.64. The van der Waals surface area contributed by atoms with Gasteiger partial charge in [-0.1, -0.05) is 12.1 Å². The summed E-state index contributed by atoms with van der Waals surface area (Å²) in [6.45, 7) is 5.74. The van der Waals surface area contributed by atoms with Crippen LogP contribution in [-0.2, 0) is 16.1 Å². The first-order valence-corrected chi connectivity index (χ1v) is 11.0. The maximum Gasteiger partial charge on any atom is 0.407 e. The van der Waals surface area contributed by atoms with E-state index in [0.29, 0.717) is 28.5 Å². The number of benzene rings is 2. The Morgan fingerprint density at radius 2 is 1.46 bits per heavy atom. The van der Waals surface area contributed by atoms with E-state index in [1.54, 1.807) is 57.2 Å². The molecular formula is C25H33N3O7. The number of ether oxygens (including phenoxy) is 4. The van der Waals surface area contributed by atoms with Crippen molar-refractivity contribution in [1.82, 2.24) is 10.6 Å². The van der Waals surface area contributed by atoms with Gasteiger partial charge in [0.1, 0.15) is 5.60 Å². The molecule has 0 aliphatic carbocycles. The molecule has 2 rings (SSSR count). The van der Waals surface area contributed by atoms with E-state index in [1.165, 1.54) is 21.3 Å². The van der Waals surface area contributed by atoms with Gasteiger partial charge in [0.05, 0.1) is 21.3 Å². The van der Waals surface area contributed by atoms with Crippen LogP contribution in [-0.4, -0.2) is 51.4 Å². The number of rotatable bonds is 10. The highest BCUT2D eigenvalue weighted by atomic mass is 16.6. The van der Waals surface area contributed by atoms with Gasteiger partial charge >= 0.3 is 6.09 Å². The minimum atomic E-state index is -0.595. The molecule has 0 aliphatic heterocycles. The molecule has 2 aromatic rings. The van der Waals surface area contributed by atoms with E-state index in [9.17, 15) is 14.4 Å². The summed E-state index contributed by atoms with van der Waals surface area (Å²) in [6, 6.07) is 10.2. The van der Waals surface area contributed by atoms with Gasteiger partial charge in [-0.2, -0.15) is 0 Å². The third-order valence-corrected chi connectivity index (χ3v) is 4.64. The average Bonchev–Trinajstić information content (AvgIpc) is 2.81. The fourth-order valence-electron chi connectivity index (χ4n) is 3.02. The second-order valence-corrected chi connectivity index (χ2v) is 8.52. The molecule has 0 saturated heterocycles. The summed E-state index contributed by atoms with van der Waals surface area (Å²) in [7, 11) is 4.46. The van der Waals surface area contributed by atoms with E-state index < -0.39 is 11.7 Å². The zero-order valence-corrected chi connectivity index (χ0v) is 20.9. The Kier molecular flexibility index (Phi) is 9.74. The van der Waals surface area contributed by atoms with Crippen LogP contribution >= 0.6 is 0 Å². The molecule has 10 nitrogen and oxygen atoms in total. The van der Waals surface area contributed by atoms with Crippen LogP contribution in [0.25, 0.3) is 0 Å². The van der Waals surface area contributed by atoms with Crippen molar-refractivity contribution in [1.29, 1.82) is 0 Å². The SMILES string of the molecule is COc1cc(C(=O)NCc2ccc(NC(=O)CCNC(=O)OC(C)(C)C)cc2)cc(OC)c1OC. The predicted molar refractivity (Wildman–Crippen MR) is 131 cm³/mol. The highest BCUT2D eigenvalue weighted by Gasteiger charge is 2.17. The number of alkyl carbamates (subject to hydrolysis) is 1. The van der Waals surface area contributed by atoms with Crippen molar-refractivity contribution in [2.45, 2.75) is 39.3 Å². The second-order valence-electron chi connectivity index (χ2n) is 8.52. The van der Waals surface area contributed by atoms with Crippen LogP contribution in [0.1, 0.15) is 43.1 Å². The predicted octanol–water partition coefficient (Wildman–Crippen LogP) is 3.50. The van der Waals surface area contributed by atoms with Crippen molar-refractivity contribution in [2.75, 3.05) is 33.2 Å². The van der Waals surface area contributed by atoms with Crippen LogP contribution in [0.5, 0.6) is 17.2 Å². The van der Waals surface area contributed by atoms with Gasteiger partial charge in [-0.15, -0.1) is 0 Å². The minimum Gasteiger partial charge on any atom is -0.493 e. The van der Waals surface area contributed by atoms with Crippen molar-refractivity contribution < 1.29 is 33.3 Å². The van der Waals surface area contributed by atoms with Crippen LogP contribution in [0.15, 0.2) is 36.4 Å². The van der Waals surface area contributed by atoms with E-state index >= 15 is 0 Å². The normalized spacial score (nSPS) is 10.7. The van der Waals surface area contributed by atoms with Gasteiger partial charge in [0, 0.05) is 30.8 Å².